The van der Waals surface area contributed by atoms with Gasteiger partial charge in [0, 0.05) is 0 Å². The van der Waals surface area contributed by atoms with Crippen molar-refractivity contribution in [2.45, 2.75) is 6.92 Å². The van der Waals surface area contributed by atoms with Gasteiger partial charge in [-0.15, -0.1) is 5.10 Å². The summed E-state index contributed by atoms with van der Waals surface area (Å²) in [7, 11) is 0. The third-order valence-electron chi connectivity index (χ3n) is 1.87. The van der Waals surface area contributed by atoms with Crippen LogP contribution in [0.15, 0.2) is 24.4 Å². The van der Waals surface area contributed by atoms with Crippen molar-refractivity contribution in [2.24, 2.45) is 0 Å². The van der Waals surface area contributed by atoms with Crippen LogP contribution >= 0.6 is 11.6 Å². The second-order valence-electron chi connectivity index (χ2n) is 2.89. The number of nitrogens with zero attached hydrogens (tertiary/aromatic N) is 3. The molecule has 0 aliphatic heterocycles. The van der Waals surface area contributed by atoms with Gasteiger partial charge in [-0.25, -0.2) is 9.07 Å². The second kappa shape index (κ2) is 3.38. The van der Waals surface area contributed by atoms with Crippen molar-refractivity contribution in [3.8, 4) is 5.69 Å². The first-order chi connectivity index (χ1) is 6.68. The van der Waals surface area contributed by atoms with Crippen LogP contribution in [0.3, 0.4) is 0 Å². The van der Waals surface area contributed by atoms with Crippen LogP contribution in [0.2, 0.25) is 5.02 Å². The number of aromatic nitrogens is 3. The zero-order valence-electron chi connectivity index (χ0n) is 7.41. The van der Waals surface area contributed by atoms with E-state index in [0.717, 1.165) is 5.69 Å². The van der Waals surface area contributed by atoms with Crippen LogP contribution in [0, 0.1) is 12.7 Å². The van der Waals surface area contributed by atoms with E-state index in [2.05, 4.69) is 10.3 Å². The van der Waals surface area contributed by atoms with Gasteiger partial charge in [-0.2, -0.15) is 0 Å². The quantitative estimate of drug-likeness (QED) is 0.725. The van der Waals surface area contributed by atoms with E-state index in [4.69, 9.17) is 11.6 Å². The van der Waals surface area contributed by atoms with Crippen molar-refractivity contribution in [2.75, 3.05) is 0 Å². The first-order valence-electron chi connectivity index (χ1n) is 4.01. The number of benzene rings is 1. The average Bonchev–Trinajstić information content (AvgIpc) is 2.57. The van der Waals surface area contributed by atoms with E-state index in [1.165, 1.54) is 12.1 Å². The normalized spacial score (nSPS) is 10.5. The highest BCUT2D eigenvalue weighted by molar-refractivity contribution is 6.30. The molecule has 0 saturated heterocycles. The van der Waals surface area contributed by atoms with Crippen LogP contribution in [0.5, 0.6) is 0 Å². The molecular formula is C9H7ClFN3. The molecule has 1 aromatic heterocycles. The molecule has 0 amide bonds. The van der Waals surface area contributed by atoms with Gasteiger partial charge in [0.15, 0.2) is 0 Å². The van der Waals surface area contributed by atoms with Gasteiger partial charge in [0.05, 0.1) is 22.6 Å². The Hall–Kier alpha value is -1.42. The van der Waals surface area contributed by atoms with Gasteiger partial charge in [0.25, 0.3) is 0 Å². The predicted molar refractivity (Wildman–Crippen MR) is 51.1 cm³/mol. The lowest BCUT2D eigenvalue weighted by Gasteiger charge is -2.03. The van der Waals surface area contributed by atoms with E-state index in [9.17, 15) is 4.39 Å². The molecule has 0 bridgehead atoms. The molecule has 0 aliphatic rings. The summed E-state index contributed by atoms with van der Waals surface area (Å²) in [6.45, 7) is 1.86. The molecule has 2 rings (SSSR count). The molecule has 0 saturated carbocycles. The largest absolute Gasteiger partial charge is 0.218 e. The van der Waals surface area contributed by atoms with Gasteiger partial charge in [0.2, 0.25) is 0 Å². The Morgan fingerprint density at radius 3 is 2.79 bits per heavy atom. The summed E-state index contributed by atoms with van der Waals surface area (Å²) >= 11 is 5.65. The second-order valence-corrected chi connectivity index (χ2v) is 3.29. The fourth-order valence-electron chi connectivity index (χ4n) is 1.16. The van der Waals surface area contributed by atoms with Crippen molar-refractivity contribution >= 4 is 11.6 Å². The maximum absolute atomic E-state index is 12.9. The van der Waals surface area contributed by atoms with Gasteiger partial charge in [-0.05, 0) is 25.1 Å². The highest BCUT2D eigenvalue weighted by Gasteiger charge is 2.05. The minimum Gasteiger partial charge on any atom is -0.218 e. The van der Waals surface area contributed by atoms with Crippen LogP contribution in [0.25, 0.3) is 5.69 Å². The minimum atomic E-state index is -0.437. The molecule has 0 N–H and O–H groups in total. The van der Waals surface area contributed by atoms with Crippen LogP contribution in [0.4, 0.5) is 4.39 Å². The van der Waals surface area contributed by atoms with Crippen LogP contribution in [-0.2, 0) is 0 Å². The first-order valence-corrected chi connectivity index (χ1v) is 4.39. The lowest BCUT2D eigenvalue weighted by atomic mass is 10.3. The van der Waals surface area contributed by atoms with Gasteiger partial charge in [0.1, 0.15) is 5.82 Å². The zero-order chi connectivity index (χ0) is 10.1. The molecule has 1 heterocycles. The van der Waals surface area contributed by atoms with E-state index in [0.29, 0.717) is 5.69 Å². The fraction of sp³-hybridized carbons (Fsp3) is 0.111. The molecule has 0 fully saturated rings. The molecule has 0 spiro atoms. The van der Waals surface area contributed by atoms with Crippen molar-refractivity contribution in [3.05, 3.63) is 40.9 Å². The average molecular weight is 212 g/mol. The Kier molecular flexibility index (Phi) is 2.21. The standard InChI is InChI=1S/C9H7ClFN3/c1-6-5-12-13-14(6)7-2-3-9(11)8(10)4-7/h2-5H,1H3. The van der Waals surface area contributed by atoms with E-state index in [1.807, 2.05) is 6.92 Å². The third-order valence-corrected chi connectivity index (χ3v) is 2.16. The highest BCUT2D eigenvalue weighted by Crippen LogP contribution is 2.18. The summed E-state index contributed by atoms with van der Waals surface area (Å²) in [4.78, 5) is 0. The minimum absolute atomic E-state index is 0.0809. The topological polar surface area (TPSA) is 30.7 Å². The number of rotatable bonds is 1. The van der Waals surface area contributed by atoms with E-state index < -0.39 is 5.82 Å². The van der Waals surface area contributed by atoms with Crippen molar-refractivity contribution in [1.29, 1.82) is 0 Å². The Morgan fingerprint density at radius 2 is 2.21 bits per heavy atom. The lowest BCUT2D eigenvalue weighted by molar-refractivity contribution is 0.627. The Labute approximate surface area is 85.1 Å². The van der Waals surface area contributed by atoms with Gasteiger partial charge in [-0.1, -0.05) is 16.8 Å². The highest BCUT2D eigenvalue weighted by atomic mass is 35.5. The zero-order valence-corrected chi connectivity index (χ0v) is 8.16. The van der Waals surface area contributed by atoms with Crippen LogP contribution in [-0.4, -0.2) is 15.0 Å². The lowest BCUT2D eigenvalue weighted by Crippen LogP contribution is -1.99. The molecule has 0 unspecified atom stereocenters. The van der Waals surface area contributed by atoms with Crippen molar-refractivity contribution in [1.82, 2.24) is 15.0 Å². The summed E-state index contributed by atoms with van der Waals surface area (Å²) in [5, 5.41) is 7.65. The number of aryl methyl sites for hydroxylation is 1. The maximum atomic E-state index is 12.9. The number of hydrogen-bond donors (Lipinski definition) is 0. The first kappa shape index (κ1) is 9.15. The Morgan fingerprint density at radius 1 is 1.43 bits per heavy atom. The van der Waals surface area contributed by atoms with Crippen molar-refractivity contribution < 1.29 is 4.39 Å². The Balaban J connectivity index is 2.53. The molecule has 0 atom stereocenters. The smallest absolute Gasteiger partial charge is 0.141 e. The van der Waals surface area contributed by atoms with Crippen LogP contribution < -0.4 is 0 Å². The fourth-order valence-corrected chi connectivity index (χ4v) is 1.33. The molecule has 0 aliphatic carbocycles. The van der Waals surface area contributed by atoms with Crippen LogP contribution in [0.1, 0.15) is 5.69 Å². The molecule has 0 radical (unpaired) electrons. The molecule has 14 heavy (non-hydrogen) atoms. The van der Waals surface area contributed by atoms with Gasteiger partial charge >= 0.3 is 0 Å². The monoisotopic (exact) mass is 211 g/mol. The number of halogens is 2. The van der Waals surface area contributed by atoms with Gasteiger partial charge in [-0.3, -0.25) is 0 Å². The molecule has 3 nitrogen and oxygen atoms in total. The molecule has 72 valence electrons. The van der Waals surface area contributed by atoms with Crippen molar-refractivity contribution in [3.63, 3.8) is 0 Å². The van der Waals surface area contributed by atoms with E-state index in [1.54, 1.807) is 16.9 Å². The summed E-state index contributed by atoms with van der Waals surface area (Å²) in [5.74, 6) is -0.437. The summed E-state index contributed by atoms with van der Waals surface area (Å²) < 4.78 is 14.5. The van der Waals surface area contributed by atoms with E-state index in [-0.39, 0.29) is 5.02 Å². The summed E-state index contributed by atoms with van der Waals surface area (Å²) in [6.07, 6.45) is 1.62. The van der Waals surface area contributed by atoms with E-state index >= 15 is 0 Å². The molecule has 2 aromatic rings. The SMILES string of the molecule is Cc1cnnn1-c1ccc(F)c(Cl)c1. The molecular weight excluding hydrogens is 205 g/mol. The summed E-state index contributed by atoms with van der Waals surface area (Å²) in [5.41, 5.74) is 1.57. The Bertz CT molecular complexity index is 467. The maximum Gasteiger partial charge on any atom is 0.141 e. The third kappa shape index (κ3) is 1.48. The molecule has 5 heteroatoms. The molecule has 1 aromatic carbocycles. The predicted octanol–water partition coefficient (Wildman–Crippen LogP) is 2.37. The number of hydrogen-bond acceptors (Lipinski definition) is 2. The summed E-state index contributed by atoms with van der Waals surface area (Å²) in [6, 6.07) is 4.42. The van der Waals surface area contributed by atoms with Gasteiger partial charge < -0.3 is 0 Å².